The normalized spacial score (nSPS) is 18.7. The standard InChI is InChI=1S/C18H20NO2P/c1-2-15-13-14-18(20)19(15)22(21,16-9-5-3-6-10-16)17-11-7-4-8-12-17/h3-12,15H,2,13-14H2,1H3/t15-/m0/s1. The highest BCUT2D eigenvalue weighted by molar-refractivity contribution is 7.77. The predicted octanol–water partition coefficient (Wildman–Crippen LogP) is 3.32. The number of carbonyl (C=O) groups is 1. The summed E-state index contributed by atoms with van der Waals surface area (Å²) in [6, 6.07) is 18.9. The van der Waals surface area contributed by atoms with Crippen LogP contribution in [-0.4, -0.2) is 16.6 Å². The van der Waals surface area contributed by atoms with E-state index in [1.807, 2.05) is 60.7 Å². The van der Waals surface area contributed by atoms with Gasteiger partial charge in [-0.1, -0.05) is 43.3 Å². The van der Waals surface area contributed by atoms with Crippen molar-refractivity contribution < 1.29 is 9.36 Å². The Labute approximate surface area is 131 Å². The second-order valence-electron chi connectivity index (χ2n) is 5.59. The van der Waals surface area contributed by atoms with E-state index in [4.69, 9.17) is 0 Å². The minimum Gasteiger partial charge on any atom is -0.290 e. The Hall–Kier alpha value is -1.86. The van der Waals surface area contributed by atoms with Crippen LogP contribution in [-0.2, 0) is 9.36 Å². The number of rotatable bonds is 4. The van der Waals surface area contributed by atoms with Gasteiger partial charge < -0.3 is 0 Å². The van der Waals surface area contributed by atoms with E-state index in [0.717, 1.165) is 23.5 Å². The zero-order valence-electron chi connectivity index (χ0n) is 12.7. The van der Waals surface area contributed by atoms with Crippen LogP contribution in [0.2, 0.25) is 0 Å². The SMILES string of the molecule is CC[C@H]1CCC(=O)N1P(=O)(c1ccccc1)c1ccccc1. The monoisotopic (exact) mass is 313 g/mol. The Morgan fingerprint density at radius 1 is 1.00 bits per heavy atom. The summed E-state index contributed by atoms with van der Waals surface area (Å²) in [7, 11) is -3.12. The number of amides is 1. The van der Waals surface area contributed by atoms with Gasteiger partial charge in [-0.05, 0) is 37.1 Å². The molecule has 0 radical (unpaired) electrons. The second-order valence-corrected chi connectivity index (χ2v) is 8.20. The molecule has 0 aliphatic carbocycles. The highest BCUT2D eigenvalue weighted by atomic mass is 31.2. The molecule has 3 nitrogen and oxygen atoms in total. The zero-order chi connectivity index (χ0) is 15.6. The summed E-state index contributed by atoms with van der Waals surface area (Å²) in [5.41, 5.74) is 0. The van der Waals surface area contributed by atoms with E-state index in [0.29, 0.717) is 6.42 Å². The summed E-state index contributed by atoms with van der Waals surface area (Å²) in [5, 5.41) is 1.46. The fourth-order valence-corrected chi connectivity index (χ4v) is 6.25. The molecule has 0 bridgehead atoms. The highest BCUT2D eigenvalue weighted by Crippen LogP contribution is 2.52. The summed E-state index contributed by atoms with van der Waals surface area (Å²) in [6.07, 6.45) is 2.11. The molecular formula is C18H20NO2P. The zero-order valence-corrected chi connectivity index (χ0v) is 13.6. The molecule has 2 aromatic rings. The van der Waals surface area contributed by atoms with Crippen molar-refractivity contribution in [2.45, 2.75) is 32.2 Å². The second kappa shape index (κ2) is 6.10. The van der Waals surface area contributed by atoms with Gasteiger partial charge in [-0.25, -0.2) is 0 Å². The van der Waals surface area contributed by atoms with Gasteiger partial charge in [-0.15, -0.1) is 0 Å². The van der Waals surface area contributed by atoms with Crippen molar-refractivity contribution in [3.63, 3.8) is 0 Å². The molecule has 114 valence electrons. The topological polar surface area (TPSA) is 37.4 Å². The summed E-state index contributed by atoms with van der Waals surface area (Å²) in [6.45, 7) is 2.05. The molecule has 1 aliphatic heterocycles. The molecule has 0 saturated carbocycles. The van der Waals surface area contributed by atoms with E-state index >= 15 is 0 Å². The van der Waals surface area contributed by atoms with Gasteiger partial charge in [0.2, 0.25) is 13.2 Å². The third-order valence-electron chi connectivity index (χ3n) is 4.28. The van der Waals surface area contributed by atoms with E-state index in [9.17, 15) is 9.36 Å². The predicted molar refractivity (Wildman–Crippen MR) is 89.9 cm³/mol. The number of nitrogens with zero attached hydrogens (tertiary/aromatic N) is 1. The Balaban J connectivity index is 2.20. The van der Waals surface area contributed by atoms with Crippen molar-refractivity contribution in [2.75, 3.05) is 0 Å². The molecule has 2 aromatic carbocycles. The first-order valence-electron chi connectivity index (χ1n) is 7.71. The van der Waals surface area contributed by atoms with Crippen molar-refractivity contribution >= 4 is 23.8 Å². The fraction of sp³-hybridized carbons (Fsp3) is 0.278. The van der Waals surface area contributed by atoms with Gasteiger partial charge in [0.1, 0.15) is 0 Å². The molecule has 1 saturated heterocycles. The van der Waals surface area contributed by atoms with E-state index in [2.05, 4.69) is 6.92 Å². The van der Waals surface area contributed by atoms with Gasteiger partial charge in [0, 0.05) is 23.1 Å². The van der Waals surface area contributed by atoms with Gasteiger partial charge in [0.15, 0.2) is 0 Å². The molecule has 1 aliphatic rings. The third kappa shape index (κ3) is 2.40. The Morgan fingerprint density at radius 2 is 1.50 bits per heavy atom. The number of hydrogen-bond donors (Lipinski definition) is 0. The van der Waals surface area contributed by atoms with Gasteiger partial charge in [0.25, 0.3) is 0 Å². The van der Waals surface area contributed by atoms with E-state index < -0.39 is 7.29 Å². The van der Waals surface area contributed by atoms with Crippen LogP contribution in [0.25, 0.3) is 0 Å². The molecule has 3 rings (SSSR count). The first kappa shape index (κ1) is 15.1. The van der Waals surface area contributed by atoms with Crippen LogP contribution in [0, 0.1) is 0 Å². The summed E-state index contributed by atoms with van der Waals surface area (Å²) in [4.78, 5) is 12.5. The molecule has 1 heterocycles. The van der Waals surface area contributed by atoms with E-state index in [1.54, 1.807) is 4.67 Å². The van der Waals surface area contributed by atoms with Gasteiger partial charge in [-0.3, -0.25) is 14.0 Å². The Bertz CT molecular complexity index is 656. The largest absolute Gasteiger partial charge is 0.290 e. The summed E-state index contributed by atoms with van der Waals surface area (Å²) < 4.78 is 15.8. The lowest BCUT2D eigenvalue weighted by atomic mass is 10.2. The van der Waals surface area contributed by atoms with Gasteiger partial charge in [-0.2, -0.15) is 0 Å². The maximum absolute atomic E-state index is 14.1. The minimum absolute atomic E-state index is 0.00268. The number of hydrogen-bond acceptors (Lipinski definition) is 2. The first-order valence-corrected chi connectivity index (χ1v) is 9.37. The molecule has 1 amide bonds. The van der Waals surface area contributed by atoms with Crippen LogP contribution in [0.3, 0.4) is 0 Å². The quantitative estimate of drug-likeness (QED) is 0.812. The molecule has 0 spiro atoms. The van der Waals surface area contributed by atoms with Crippen molar-refractivity contribution in [2.24, 2.45) is 0 Å². The average Bonchev–Trinajstić information content (AvgIpc) is 2.97. The highest BCUT2D eigenvalue weighted by Gasteiger charge is 2.44. The third-order valence-corrected chi connectivity index (χ3v) is 7.43. The molecular weight excluding hydrogens is 293 g/mol. The van der Waals surface area contributed by atoms with Crippen LogP contribution in [0.1, 0.15) is 26.2 Å². The van der Waals surface area contributed by atoms with Crippen molar-refractivity contribution in [1.82, 2.24) is 4.67 Å². The summed E-state index contributed by atoms with van der Waals surface area (Å²) >= 11 is 0. The smallest absolute Gasteiger partial charge is 0.232 e. The van der Waals surface area contributed by atoms with Crippen LogP contribution in [0.15, 0.2) is 60.7 Å². The van der Waals surface area contributed by atoms with E-state index in [-0.39, 0.29) is 11.9 Å². The molecule has 0 N–H and O–H groups in total. The van der Waals surface area contributed by atoms with Crippen LogP contribution in [0.4, 0.5) is 0 Å². The maximum Gasteiger partial charge on any atom is 0.232 e. The Kier molecular flexibility index (Phi) is 4.17. The Morgan fingerprint density at radius 3 is 1.95 bits per heavy atom. The van der Waals surface area contributed by atoms with Crippen LogP contribution in [0.5, 0.6) is 0 Å². The molecule has 0 aromatic heterocycles. The first-order chi connectivity index (χ1) is 10.7. The molecule has 4 heteroatoms. The number of carbonyl (C=O) groups excluding carboxylic acids is 1. The molecule has 22 heavy (non-hydrogen) atoms. The van der Waals surface area contributed by atoms with E-state index in [1.165, 1.54) is 0 Å². The maximum atomic E-state index is 14.1. The lowest BCUT2D eigenvalue weighted by Crippen LogP contribution is -2.38. The van der Waals surface area contributed by atoms with Gasteiger partial charge >= 0.3 is 0 Å². The lowest BCUT2D eigenvalue weighted by molar-refractivity contribution is -0.124. The average molecular weight is 313 g/mol. The van der Waals surface area contributed by atoms with Crippen molar-refractivity contribution in [1.29, 1.82) is 0 Å². The summed E-state index contributed by atoms with van der Waals surface area (Å²) in [5.74, 6) is 0.00268. The van der Waals surface area contributed by atoms with Crippen molar-refractivity contribution in [3.8, 4) is 0 Å². The molecule has 1 atom stereocenters. The number of benzene rings is 2. The minimum atomic E-state index is -3.12. The fourth-order valence-electron chi connectivity index (χ4n) is 3.15. The van der Waals surface area contributed by atoms with Gasteiger partial charge in [0.05, 0.1) is 0 Å². The molecule has 0 unspecified atom stereocenters. The van der Waals surface area contributed by atoms with Crippen molar-refractivity contribution in [3.05, 3.63) is 60.7 Å². The van der Waals surface area contributed by atoms with Crippen LogP contribution < -0.4 is 10.6 Å². The molecule has 1 fully saturated rings. The van der Waals surface area contributed by atoms with Crippen LogP contribution >= 0.6 is 7.29 Å². The lowest BCUT2D eigenvalue weighted by Gasteiger charge is -2.33.